The van der Waals surface area contributed by atoms with Gasteiger partial charge in [-0.2, -0.15) is 5.26 Å². The average Bonchev–Trinajstić information content (AvgIpc) is 2.39. The lowest BCUT2D eigenvalue weighted by Gasteiger charge is -2.30. The molecular formula is C17H27N3. The standard InChI is InChI=1S/C17H27N3/c1-13(2)20(14(3)4)9-8-19-12-17-7-6-16(11-18)10-15(17)5/h6-7,10,13-14,19H,8-9,12H2,1-5H3. The van der Waals surface area contributed by atoms with Crippen LogP contribution in [0.2, 0.25) is 0 Å². The summed E-state index contributed by atoms with van der Waals surface area (Å²) >= 11 is 0. The van der Waals surface area contributed by atoms with E-state index in [1.54, 1.807) is 0 Å². The van der Waals surface area contributed by atoms with Crippen molar-refractivity contribution < 1.29 is 0 Å². The first-order valence-corrected chi connectivity index (χ1v) is 7.41. The van der Waals surface area contributed by atoms with Crippen LogP contribution in [0.25, 0.3) is 0 Å². The lowest BCUT2D eigenvalue weighted by molar-refractivity contribution is 0.176. The van der Waals surface area contributed by atoms with Gasteiger partial charge in [-0.3, -0.25) is 4.90 Å². The first kappa shape index (κ1) is 16.7. The smallest absolute Gasteiger partial charge is 0.0991 e. The molecule has 0 bridgehead atoms. The lowest BCUT2D eigenvalue weighted by atomic mass is 10.1. The molecular weight excluding hydrogens is 246 g/mol. The topological polar surface area (TPSA) is 39.1 Å². The molecule has 0 aliphatic heterocycles. The minimum absolute atomic E-state index is 0.577. The summed E-state index contributed by atoms with van der Waals surface area (Å²) in [6, 6.07) is 9.21. The van der Waals surface area contributed by atoms with E-state index in [2.05, 4.69) is 50.9 Å². The van der Waals surface area contributed by atoms with Gasteiger partial charge in [-0.25, -0.2) is 0 Å². The highest BCUT2D eigenvalue weighted by atomic mass is 15.2. The second-order valence-electron chi connectivity index (χ2n) is 5.86. The second kappa shape index (κ2) is 8.04. The Kier molecular flexibility index (Phi) is 6.70. The minimum atomic E-state index is 0.577. The first-order valence-electron chi connectivity index (χ1n) is 7.41. The molecule has 1 rings (SSSR count). The molecule has 0 aliphatic rings. The number of nitrogens with one attached hydrogen (secondary N) is 1. The lowest BCUT2D eigenvalue weighted by Crippen LogP contribution is -2.41. The number of hydrogen-bond acceptors (Lipinski definition) is 3. The Hall–Kier alpha value is -1.37. The van der Waals surface area contributed by atoms with Crippen LogP contribution in [-0.4, -0.2) is 30.1 Å². The fraction of sp³-hybridized carbons (Fsp3) is 0.588. The summed E-state index contributed by atoms with van der Waals surface area (Å²) in [6.07, 6.45) is 0. The van der Waals surface area contributed by atoms with E-state index in [4.69, 9.17) is 5.26 Å². The van der Waals surface area contributed by atoms with Gasteiger partial charge in [0.15, 0.2) is 0 Å². The van der Waals surface area contributed by atoms with Crippen LogP contribution in [0.4, 0.5) is 0 Å². The third-order valence-electron chi connectivity index (χ3n) is 3.66. The van der Waals surface area contributed by atoms with Crippen molar-refractivity contribution in [1.29, 1.82) is 5.26 Å². The zero-order chi connectivity index (χ0) is 15.1. The molecule has 110 valence electrons. The van der Waals surface area contributed by atoms with E-state index in [-0.39, 0.29) is 0 Å². The van der Waals surface area contributed by atoms with Crippen LogP contribution < -0.4 is 5.32 Å². The molecule has 3 nitrogen and oxygen atoms in total. The largest absolute Gasteiger partial charge is 0.311 e. The van der Waals surface area contributed by atoms with E-state index < -0.39 is 0 Å². The van der Waals surface area contributed by atoms with Crippen LogP contribution in [-0.2, 0) is 6.54 Å². The predicted molar refractivity (Wildman–Crippen MR) is 84.6 cm³/mol. The van der Waals surface area contributed by atoms with Crippen molar-refractivity contribution in [3.05, 3.63) is 34.9 Å². The number of benzene rings is 1. The highest BCUT2D eigenvalue weighted by Gasteiger charge is 2.12. The molecule has 0 heterocycles. The Bertz CT molecular complexity index is 450. The molecule has 0 spiro atoms. The molecule has 0 atom stereocenters. The molecule has 0 saturated carbocycles. The number of rotatable bonds is 7. The number of nitrogens with zero attached hydrogens (tertiary/aromatic N) is 2. The molecule has 3 heteroatoms. The van der Waals surface area contributed by atoms with Crippen molar-refractivity contribution in [1.82, 2.24) is 10.2 Å². The monoisotopic (exact) mass is 273 g/mol. The Morgan fingerprint density at radius 3 is 2.35 bits per heavy atom. The van der Waals surface area contributed by atoms with Gasteiger partial charge in [0.05, 0.1) is 11.6 Å². The van der Waals surface area contributed by atoms with Gasteiger partial charge in [-0.05, 0) is 57.9 Å². The summed E-state index contributed by atoms with van der Waals surface area (Å²) in [5.74, 6) is 0. The average molecular weight is 273 g/mol. The predicted octanol–water partition coefficient (Wildman–Crippen LogP) is 3.08. The summed E-state index contributed by atoms with van der Waals surface area (Å²) < 4.78 is 0. The molecule has 0 aliphatic carbocycles. The Balaban J connectivity index is 2.43. The molecule has 20 heavy (non-hydrogen) atoms. The van der Waals surface area contributed by atoms with Crippen molar-refractivity contribution >= 4 is 0 Å². The van der Waals surface area contributed by atoms with Crippen molar-refractivity contribution in [3.8, 4) is 6.07 Å². The summed E-state index contributed by atoms with van der Waals surface area (Å²) in [4.78, 5) is 2.48. The van der Waals surface area contributed by atoms with Crippen molar-refractivity contribution in [2.75, 3.05) is 13.1 Å². The summed E-state index contributed by atoms with van der Waals surface area (Å²) in [7, 11) is 0. The molecule has 1 aromatic carbocycles. The highest BCUT2D eigenvalue weighted by molar-refractivity contribution is 5.37. The van der Waals surface area contributed by atoms with E-state index in [0.717, 1.165) is 25.2 Å². The van der Waals surface area contributed by atoms with E-state index >= 15 is 0 Å². The van der Waals surface area contributed by atoms with Gasteiger partial charge in [-0.15, -0.1) is 0 Å². The van der Waals surface area contributed by atoms with Gasteiger partial charge in [0.1, 0.15) is 0 Å². The number of hydrogen-bond donors (Lipinski definition) is 1. The van der Waals surface area contributed by atoms with E-state index in [1.807, 2.05) is 18.2 Å². The van der Waals surface area contributed by atoms with Crippen LogP contribution in [0, 0.1) is 18.3 Å². The first-order chi connectivity index (χ1) is 9.45. The van der Waals surface area contributed by atoms with Gasteiger partial charge in [0.2, 0.25) is 0 Å². The van der Waals surface area contributed by atoms with Gasteiger partial charge in [0, 0.05) is 31.7 Å². The molecule has 1 N–H and O–H groups in total. The second-order valence-corrected chi connectivity index (χ2v) is 5.86. The number of nitriles is 1. The SMILES string of the molecule is Cc1cc(C#N)ccc1CNCCN(C(C)C)C(C)C. The third-order valence-corrected chi connectivity index (χ3v) is 3.66. The molecule has 0 saturated heterocycles. The Labute approximate surface area is 123 Å². The van der Waals surface area contributed by atoms with Gasteiger partial charge < -0.3 is 5.32 Å². The fourth-order valence-corrected chi connectivity index (χ4v) is 2.51. The molecule has 0 unspecified atom stereocenters. The van der Waals surface area contributed by atoms with Crippen LogP contribution >= 0.6 is 0 Å². The molecule has 0 aromatic heterocycles. The minimum Gasteiger partial charge on any atom is -0.311 e. The maximum atomic E-state index is 8.86. The zero-order valence-electron chi connectivity index (χ0n) is 13.4. The molecule has 1 aromatic rings. The maximum Gasteiger partial charge on any atom is 0.0991 e. The zero-order valence-corrected chi connectivity index (χ0v) is 13.4. The fourth-order valence-electron chi connectivity index (χ4n) is 2.51. The molecule has 0 radical (unpaired) electrons. The quantitative estimate of drug-likeness (QED) is 0.776. The van der Waals surface area contributed by atoms with Crippen molar-refractivity contribution in [2.24, 2.45) is 0 Å². The maximum absolute atomic E-state index is 8.86. The summed E-state index contributed by atoms with van der Waals surface area (Å²) in [6.45, 7) is 13.9. The molecule has 0 fully saturated rings. The van der Waals surface area contributed by atoms with Crippen LogP contribution in [0.15, 0.2) is 18.2 Å². The summed E-state index contributed by atoms with van der Waals surface area (Å²) in [5, 5.41) is 12.4. The van der Waals surface area contributed by atoms with Gasteiger partial charge in [-0.1, -0.05) is 6.07 Å². The van der Waals surface area contributed by atoms with E-state index in [9.17, 15) is 0 Å². The van der Waals surface area contributed by atoms with Gasteiger partial charge in [0.25, 0.3) is 0 Å². The van der Waals surface area contributed by atoms with Crippen molar-refractivity contribution in [2.45, 2.75) is 53.2 Å². The van der Waals surface area contributed by atoms with Crippen LogP contribution in [0.3, 0.4) is 0 Å². The van der Waals surface area contributed by atoms with Gasteiger partial charge >= 0.3 is 0 Å². The summed E-state index contributed by atoms with van der Waals surface area (Å²) in [5.41, 5.74) is 3.18. The van der Waals surface area contributed by atoms with E-state index in [1.165, 1.54) is 11.1 Å². The van der Waals surface area contributed by atoms with Crippen molar-refractivity contribution in [3.63, 3.8) is 0 Å². The highest BCUT2D eigenvalue weighted by Crippen LogP contribution is 2.10. The van der Waals surface area contributed by atoms with Crippen LogP contribution in [0.5, 0.6) is 0 Å². The normalized spacial score (nSPS) is 11.3. The van der Waals surface area contributed by atoms with E-state index in [0.29, 0.717) is 12.1 Å². The Morgan fingerprint density at radius 1 is 1.20 bits per heavy atom. The Morgan fingerprint density at radius 2 is 1.85 bits per heavy atom. The molecule has 0 amide bonds. The number of aryl methyl sites for hydroxylation is 1. The third kappa shape index (κ3) is 4.96. The van der Waals surface area contributed by atoms with Crippen LogP contribution in [0.1, 0.15) is 44.4 Å².